The number of hydrogen-bond donors (Lipinski definition) is 3. The molecule has 0 saturated carbocycles. The van der Waals surface area contributed by atoms with Crippen molar-refractivity contribution in [2.75, 3.05) is 13.2 Å². The Kier molecular flexibility index (Phi) is 4.20. The molecule has 0 aromatic heterocycles. The lowest BCUT2D eigenvalue weighted by molar-refractivity contribution is 0.00320. The summed E-state index contributed by atoms with van der Waals surface area (Å²) in [5, 5.41) is 20.7. The van der Waals surface area contributed by atoms with Crippen LogP contribution in [0.25, 0.3) is 0 Å². The monoisotopic (exact) mass is 241 g/mol. The highest BCUT2D eigenvalue weighted by atomic mass is 19.1. The molecule has 0 spiro atoms. The average Bonchev–Trinajstić information content (AvgIpc) is 2.30. The molecule has 0 aliphatic rings. The molecule has 1 rings (SSSR count). The molecule has 0 radical (unpaired) electrons. The summed E-state index contributed by atoms with van der Waals surface area (Å²) >= 11 is 0. The highest BCUT2D eigenvalue weighted by Crippen LogP contribution is 2.09. The molecule has 1 aromatic carbocycles. The topological polar surface area (TPSA) is 69.6 Å². The van der Waals surface area contributed by atoms with E-state index >= 15 is 0 Å². The second-order valence-corrected chi connectivity index (χ2v) is 4.30. The Morgan fingerprint density at radius 1 is 1.53 bits per heavy atom. The zero-order chi connectivity index (χ0) is 13.1. The van der Waals surface area contributed by atoms with Gasteiger partial charge in [0.2, 0.25) is 0 Å². The van der Waals surface area contributed by atoms with Crippen molar-refractivity contribution in [3.63, 3.8) is 0 Å². The summed E-state index contributed by atoms with van der Waals surface area (Å²) in [5.74, 6) is -0.941. The zero-order valence-corrected chi connectivity index (χ0v) is 9.83. The lowest BCUT2D eigenvalue weighted by atomic mass is 10.1. The molecule has 0 aliphatic carbocycles. The quantitative estimate of drug-likeness (QED) is 0.723. The SMILES string of the molecule is Cc1ccc(C(=O)NCC(C)(O)CO)cc1F. The molecule has 1 aromatic rings. The van der Waals surface area contributed by atoms with Gasteiger partial charge in [-0.15, -0.1) is 0 Å². The second kappa shape index (κ2) is 5.25. The van der Waals surface area contributed by atoms with E-state index < -0.39 is 23.9 Å². The molecule has 0 bridgehead atoms. The maximum atomic E-state index is 13.2. The highest BCUT2D eigenvalue weighted by Gasteiger charge is 2.20. The fraction of sp³-hybridized carbons (Fsp3) is 0.417. The number of aliphatic hydroxyl groups excluding tert-OH is 1. The predicted octanol–water partition coefficient (Wildman–Crippen LogP) is 0.607. The van der Waals surface area contributed by atoms with Crippen molar-refractivity contribution in [1.29, 1.82) is 0 Å². The smallest absolute Gasteiger partial charge is 0.251 e. The third-order valence-electron chi connectivity index (χ3n) is 2.40. The molecule has 1 amide bonds. The number of nitrogens with one attached hydrogen (secondary N) is 1. The van der Waals surface area contributed by atoms with Gasteiger partial charge in [0.25, 0.3) is 5.91 Å². The molecular weight excluding hydrogens is 225 g/mol. The van der Waals surface area contributed by atoms with Gasteiger partial charge in [-0.3, -0.25) is 4.79 Å². The third kappa shape index (κ3) is 3.80. The minimum Gasteiger partial charge on any atom is -0.393 e. The van der Waals surface area contributed by atoms with Crippen molar-refractivity contribution < 1.29 is 19.4 Å². The molecular formula is C12H16FNO3. The van der Waals surface area contributed by atoms with Crippen molar-refractivity contribution in [1.82, 2.24) is 5.32 Å². The minimum atomic E-state index is -1.38. The first-order valence-corrected chi connectivity index (χ1v) is 5.23. The van der Waals surface area contributed by atoms with Gasteiger partial charge in [-0.2, -0.15) is 0 Å². The molecule has 1 atom stereocenters. The van der Waals surface area contributed by atoms with Gasteiger partial charge in [0.05, 0.1) is 6.61 Å². The van der Waals surface area contributed by atoms with Gasteiger partial charge < -0.3 is 15.5 Å². The van der Waals surface area contributed by atoms with Crippen LogP contribution in [0.5, 0.6) is 0 Å². The first kappa shape index (κ1) is 13.6. The van der Waals surface area contributed by atoms with E-state index in [4.69, 9.17) is 5.11 Å². The van der Waals surface area contributed by atoms with E-state index in [9.17, 15) is 14.3 Å². The van der Waals surface area contributed by atoms with Crippen LogP contribution in [0.4, 0.5) is 4.39 Å². The second-order valence-electron chi connectivity index (χ2n) is 4.30. The maximum absolute atomic E-state index is 13.2. The fourth-order valence-corrected chi connectivity index (χ4v) is 1.16. The normalized spacial score (nSPS) is 14.2. The Hall–Kier alpha value is -1.46. The molecule has 17 heavy (non-hydrogen) atoms. The molecule has 0 heterocycles. The van der Waals surface area contributed by atoms with Crippen LogP contribution in [-0.4, -0.2) is 34.9 Å². The summed E-state index contributed by atoms with van der Waals surface area (Å²) in [6.45, 7) is 2.43. The number of rotatable bonds is 4. The Morgan fingerprint density at radius 3 is 2.71 bits per heavy atom. The van der Waals surface area contributed by atoms with Crippen LogP contribution in [0.2, 0.25) is 0 Å². The van der Waals surface area contributed by atoms with Gasteiger partial charge in [-0.05, 0) is 31.5 Å². The van der Waals surface area contributed by atoms with Crippen LogP contribution in [0.3, 0.4) is 0 Å². The number of carbonyl (C=O) groups excluding carboxylic acids is 1. The van der Waals surface area contributed by atoms with E-state index in [1.807, 2.05) is 0 Å². The van der Waals surface area contributed by atoms with Crippen molar-refractivity contribution >= 4 is 5.91 Å². The first-order chi connectivity index (χ1) is 7.85. The van der Waals surface area contributed by atoms with Crippen molar-refractivity contribution in [3.05, 3.63) is 35.1 Å². The van der Waals surface area contributed by atoms with Crippen LogP contribution >= 0.6 is 0 Å². The third-order valence-corrected chi connectivity index (χ3v) is 2.40. The summed E-state index contributed by atoms with van der Waals surface area (Å²) in [4.78, 5) is 11.6. The molecule has 0 aliphatic heterocycles. The lowest BCUT2D eigenvalue weighted by Crippen LogP contribution is -2.43. The average molecular weight is 241 g/mol. The van der Waals surface area contributed by atoms with E-state index in [0.29, 0.717) is 5.56 Å². The predicted molar refractivity (Wildman–Crippen MR) is 61.2 cm³/mol. The first-order valence-electron chi connectivity index (χ1n) is 5.23. The Morgan fingerprint density at radius 2 is 2.18 bits per heavy atom. The molecule has 5 heteroatoms. The number of benzene rings is 1. The van der Waals surface area contributed by atoms with Crippen molar-refractivity contribution in [2.24, 2.45) is 0 Å². The largest absolute Gasteiger partial charge is 0.393 e. The van der Waals surface area contributed by atoms with Gasteiger partial charge >= 0.3 is 0 Å². The fourth-order valence-electron chi connectivity index (χ4n) is 1.16. The number of amides is 1. The van der Waals surface area contributed by atoms with E-state index in [1.54, 1.807) is 6.92 Å². The van der Waals surface area contributed by atoms with Crippen LogP contribution < -0.4 is 5.32 Å². The van der Waals surface area contributed by atoms with Gasteiger partial charge in [-0.1, -0.05) is 6.07 Å². The Balaban J connectivity index is 2.68. The standard InChI is InChI=1S/C12H16FNO3/c1-8-3-4-9(5-10(8)13)11(16)14-6-12(2,17)7-15/h3-5,15,17H,6-7H2,1-2H3,(H,14,16). The molecule has 1 unspecified atom stereocenters. The Bertz CT molecular complexity index is 418. The number of aryl methyl sites for hydroxylation is 1. The summed E-state index contributed by atoms with van der Waals surface area (Å²) in [6.07, 6.45) is 0. The van der Waals surface area contributed by atoms with E-state index in [0.717, 1.165) is 6.07 Å². The van der Waals surface area contributed by atoms with Gasteiger partial charge in [0, 0.05) is 12.1 Å². The van der Waals surface area contributed by atoms with Crippen LogP contribution in [-0.2, 0) is 0 Å². The summed E-state index contributed by atoms with van der Waals surface area (Å²) in [6, 6.07) is 4.15. The van der Waals surface area contributed by atoms with Crippen LogP contribution in [0.15, 0.2) is 18.2 Å². The van der Waals surface area contributed by atoms with Crippen molar-refractivity contribution in [2.45, 2.75) is 19.4 Å². The van der Waals surface area contributed by atoms with Crippen LogP contribution in [0, 0.1) is 12.7 Å². The number of carbonyl (C=O) groups is 1. The maximum Gasteiger partial charge on any atom is 0.251 e. The molecule has 4 nitrogen and oxygen atoms in total. The zero-order valence-electron chi connectivity index (χ0n) is 9.83. The summed E-state index contributed by atoms with van der Waals surface area (Å²) in [7, 11) is 0. The lowest BCUT2D eigenvalue weighted by Gasteiger charge is -2.20. The molecule has 0 fully saturated rings. The van der Waals surface area contributed by atoms with Crippen molar-refractivity contribution in [3.8, 4) is 0 Å². The van der Waals surface area contributed by atoms with Crippen LogP contribution in [0.1, 0.15) is 22.8 Å². The van der Waals surface area contributed by atoms with E-state index in [1.165, 1.54) is 19.1 Å². The summed E-state index contributed by atoms with van der Waals surface area (Å²) in [5.41, 5.74) is -0.732. The van der Waals surface area contributed by atoms with Gasteiger partial charge in [0.1, 0.15) is 11.4 Å². The number of halogens is 1. The van der Waals surface area contributed by atoms with Gasteiger partial charge in [0.15, 0.2) is 0 Å². The molecule has 94 valence electrons. The molecule has 0 saturated heterocycles. The molecule has 3 N–H and O–H groups in total. The summed E-state index contributed by atoms with van der Waals surface area (Å²) < 4.78 is 13.2. The Labute approximate surface area is 99.1 Å². The highest BCUT2D eigenvalue weighted by molar-refractivity contribution is 5.94. The van der Waals surface area contributed by atoms with E-state index in [2.05, 4.69) is 5.32 Å². The number of hydrogen-bond acceptors (Lipinski definition) is 3. The van der Waals surface area contributed by atoms with E-state index in [-0.39, 0.29) is 12.1 Å². The number of aliphatic hydroxyl groups is 2. The minimum absolute atomic E-state index is 0.0994. The van der Waals surface area contributed by atoms with Gasteiger partial charge in [-0.25, -0.2) is 4.39 Å².